The summed E-state index contributed by atoms with van der Waals surface area (Å²) < 4.78 is 5.38. The van der Waals surface area contributed by atoms with Gasteiger partial charge in [0, 0.05) is 18.7 Å². The Hall–Kier alpha value is -2.23. The molecule has 0 aromatic heterocycles. The Morgan fingerprint density at radius 2 is 1.91 bits per heavy atom. The molecule has 0 radical (unpaired) electrons. The molecule has 1 N–H and O–H groups in total. The van der Waals surface area contributed by atoms with Crippen LogP contribution in [-0.2, 0) is 4.74 Å². The van der Waals surface area contributed by atoms with Crippen LogP contribution >= 0.6 is 0 Å². The van der Waals surface area contributed by atoms with Crippen LogP contribution in [-0.4, -0.2) is 34.8 Å². The van der Waals surface area contributed by atoms with E-state index in [-0.39, 0.29) is 11.9 Å². The molecular weight excluding hydrogens is 278 g/mol. The lowest BCUT2D eigenvalue weighted by Crippen LogP contribution is -2.39. The lowest BCUT2D eigenvalue weighted by molar-refractivity contribution is 0.0270. The van der Waals surface area contributed by atoms with Gasteiger partial charge < -0.3 is 14.7 Å². The van der Waals surface area contributed by atoms with Gasteiger partial charge in [0.05, 0.1) is 0 Å². The Bertz CT molecular complexity index is 594. The van der Waals surface area contributed by atoms with Crippen LogP contribution in [0.2, 0.25) is 0 Å². The van der Waals surface area contributed by atoms with Gasteiger partial charge in [0.25, 0.3) is 0 Å². The van der Waals surface area contributed by atoms with Crippen molar-refractivity contribution in [1.29, 1.82) is 0 Å². The Balaban J connectivity index is 2.02. The Morgan fingerprint density at radius 1 is 1.27 bits per heavy atom. The van der Waals surface area contributed by atoms with Gasteiger partial charge in [0.15, 0.2) is 0 Å². The van der Waals surface area contributed by atoms with Crippen LogP contribution in [0, 0.1) is 0 Å². The molecule has 1 aliphatic rings. The minimum Gasteiger partial charge on any atom is -0.508 e. The maximum Gasteiger partial charge on any atom is 0.410 e. The first-order chi connectivity index (χ1) is 10.3. The first-order valence-electron chi connectivity index (χ1n) is 7.42. The third-order valence-electron chi connectivity index (χ3n) is 3.45. The average molecular weight is 301 g/mol. The second-order valence-electron chi connectivity index (χ2n) is 6.43. The molecular formula is C18H23NO3. The standard InChI is InChI=1S/C18H23NO3/c1-13(20)14-5-7-15(8-6-14)16-9-11-19(12-10-16)17(21)22-18(2,3)4/h5-9,20H,1,10-12H2,2-4H3. The third kappa shape index (κ3) is 4.13. The second-order valence-corrected chi connectivity index (χ2v) is 6.43. The van der Waals surface area contributed by atoms with E-state index in [1.54, 1.807) is 4.90 Å². The van der Waals surface area contributed by atoms with Crippen LogP contribution < -0.4 is 0 Å². The van der Waals surface area contributed by atoms with Gasteiger partial charge in [-0.15, -0.1) is 0 Å². The van der Waals surface area contributed by atoms with E-state index in [1.165, 1.54) is 5.57 Å². The van der Waals surface area contributed by atoms with Gasteiger partial charge in [0.1, 0.15) is 11.4 Å². The van der Waals surface area contributed by atoms with E-state index in [2.05, 4.69) is 12.7 Å². The van der Waals surface area contributed by atoms with Crippen LogP contribution in [0.15, 0.2) is 36.9 Å². The molecule has 0 fully saturated rings. The highest BCUT2D eigenvalue weighted by atomic mass is 16.6. The number of amides is 1. The number of carbonyl (C=O) groups excluding carboxylic acids is 1. The van der Waals surface area contributed by atoms with E-state index >= 15 is 0 Å². The molecule has 4 heteroatoms. The normalized spacial score (nSPS) is 15.2. The van der Waals surface area contributed by atoms with E-state index < -0.39 is 5.60 Å². The zero-order chi connectivity index (χ0) is 16.3. The van der Waals surface area contributed by atoms with Crippen molar-refractivity contribution in [2.24, 2.45) is 0 Å². The average Bonchev–Trinajstić information content (AvgIpc) is 2.46. The first-order valence-corrected chi connectivity index (χ1v) is 7.42. The van der Waals surface area contributed by atoms with Gasteiger partial charge in [-0.3, -0.25) is 0 Å². The van der Waals surface area contributed by atoms with E-state index in [0.29, 0.717) is 13.1 Å². The summed E-state index contributed by atoms with van der Waals surface area (Å²) >= 11 is 0. The van der Waals surface area contributed by atoms with Crippen LogP contribution in [0.4, 0.5) is 4.79 Å². The summed E-state index contributed by atoms with van der Waals surface area (Å²) in [6.45, 7) is 10.3. The molecule has 22 heavy (non-hydrogen) atoms. The number of aliphatic hydroxyl groups excluding tert-OH is 1. The molecule has 1 aliphatic heterocycles. The minimum absolute atomic E-state index is 0.0697. The summed E-state index contributed by atoms with van der Waals surface area (Å²) in [5.41, 5.74) is 2.56. The fourth-order valence-electron chi connectivity index (χ4n) is 2.30. The maximum absolute atomic E-state index is 12.0. The number of hydrogen-bond donors (Lipinski definition) is 1. The third-order valence-corrected chi connectivity index (χ3v) is 3.45. The fraction of sp³-hybridized carbons (Fsp3) is 0.389. The number of nitrogens with zero attached hydrogens (tertiary/aromatic N) is 1. The van der Waals surface area contributed by atoms with E-state index in [0.717, 1.165) is 17.5 Å². The van der Waals surface area contributed by atoms with Crippen molar-refractivity contribution < 1.29 is 14.6 Å². The Morgan fingerprint density at radius 3 is 2.36 bits per heavy atom. The highest BCUT2D eigenvalue weighted by Gasteiger charge is 2.23. The molecule has 1 amide bonds. The van der Waals surface area contributed by atoms with Gasteiger partial charge in [-0.1, -0.05) is 36.9 Å². The molecule has 1 aromatic carbocycles. The molecule has 4 nitrogen and oxygen atoms in total. The van der Waals surface area contributed by atoms with E-state index in [4.69, 9.17) is 4.74 Å². The van der Waals surface area contributed by atoms with Gasteiger partial charge in [-0.2, -0.15) is 0 Å². The molecule has 0 saturated heterocycles. The summed E-state index contributed by atoms with van der Waals surface area (Å²) in [5, 5.41) is 9.35. The first kappa shape index (κ1) is 16.1. The van der Waals surface area contributed by atoms with E-state index in [1.807, 2.05) is 45.0 Å². The van der Waals surface area contributed by atoms with Crippen molar-refractivity contribution in [2.75, 3.05) is 13.1 Å². The smallest absolute Gasteiger partial charge is 0.410 e. The zero-order valence-corrected chi connectivity index (χ0v) is 13.4. The molecule has 0 unspecified atom stereocenters. The highest BCUT2D eigenvalue weighted by molar-refractivity contribution is 5.73. The maximum atomic E-state index is 12.0. The molecule has 0 atom stereocenters. The van der Waals surface area contributed by atoms with Crippen molar-refractivity contribution in [3.05, 3.63) is 48.0 Å². The number of rotatable bonds is 2. The van der Waals surface area contributed by atoms with Crippen molar-refractivity contribution in [1.82, 2.24) is 4.90 Å². The summed E-state index contributed by atoms with van der Waals surface area (Å²) in [4.78, 5) is 13.7. The number of ether oxygens (including phenoxy) is 1. The second kappa shape index (κ2) is 6.26. The molecule has 118 valence electrons. The fourth-order valence-corrected chi connectivity index (χ4v) is 2.30. The van der Waals surface area contributed by atoms with Crippen LogP contribution in [0.5, 0.6) is 0 Å². The van der Waals surface area contributed by atoms with Crippen molar-refractivity contribution in [3.8, 4) is 0 Å². The SMILES string of the molecule is C=C(O)c1ccc(C2=CCN(C(=O)OC(C)(C)C)CC2)cc1. The molecule has 0 bridgehead atoms. The number of carbonyl (C=O) groups is 1. The largest absolute Gasteiger partial charge is 0.508 e. The number of hydrogen-bond acceptors (Lipinski definition) is 3. The monoisotopic (exact) mass is 301 g/mol. The lowest BCUT2D eigenvalue weighted by atomic mass is 9.98. The molecule has 0 aliphatic carbocycles. The van der Waals surface area contributed by atoms with Crippen LogP contribution in [0.25, 0.3) is 11.3 Å². The van der Waals surface area contributed by atoms with Gasteiger partial charge in [0.2, 0.25) is 0 Å². The van der Waals surface area contributed by atoms with Crippen LogP contribution in [0.3, 0.4) is 0 Å². The molecule has 0 saturated carbocycles. The summed E-state index contributed by atoms with van der Waals surface area (Å²) in [7, 11) is 0. The van der Waals surface area contributed by atoms with Crippen molar-refractivity contribution >= 4 is 17.4 Å². The number of benzene rings is 1. The van der Waals surface area contributed by atoms with Crippen molar-refractivity contribution in [3.63, 3.8) is 0 Å². The van der Waals surface area contributed by atoms with E-state index in [9.17, 15) is 9.90 Å². The Labute approximate surface area is 131 Å². The predicted octanol–water partition coefficient (Wildman–Crippen LogP) is 4.24. The summed E-state index contributed by atoms with van der Waals surface area (Å²) in [6.07, 6.45) is 2.57. The van der Waals surface area contributed by atoms with Gasteiger partial charge in [-0.05, 0) is 38.3 Å². The molecule has 1 aromatic rings. The molecule has 2 rings (SSSR count). The van der Waals surface area contributed by atoms with Crippen molar-refractivity contribution in [2.45, 2.75) is 32.8 Å². The number of aliphatic hydroxyl groups is 1. The zero-order valence-electron chi connectivity index (χ0n) is 13.4. The molecule has 1 heterocycles. The predicted molar refractivity (Wildman–Crippen MR) is 88.5 cm³/mol. The minimum atomic E-state index is -0.469. The van der Waals surface area contributed by atoms with Gasteiger partial charge in [-0.25, -0.2) is 4.79 Å². The molecule has 0 spiro atoms. The highest BCUT2D eigenvalue weighted by Crippen LogP contribution is 2.24. The Kier molecular flexibility index (Phi) is 4.59. The quantitative estimate of drug-likeness (QED) is 0.831. The summed E-state index contributed by atoms with van der Waals surface area (Å²) in [6, 6.07) is 7.62. The topological polar surface area (TPSA) is 49.8 Å². The lowest BCUT2D eigenvalue weighted by Gasteiger charge is -2.29. The van der Waals surface area contributed by atoms with Gasteiger partial charge >= 0.3 is 6.09 Å². The van der Waals surface area contributed by atoms with Crippen LogP contribution in [0.1, 0.15) is 38.3 Å². The summed E-state index contributed by atoms with van der Waals surface area (Å²) in [5.74, 6) is 0.0697.